The smallest absolute Gasteiger partial charge is 0.303 e. The Labute approximate surface area is 154 Å². The number of amides is 2. The highest BCUT2D eigenvalue weighted by molar-refractivity contribution is 6.02. The summed E-state index contributed by atoms with van der Waals surface area (Å²) < 4.78 is 13.1. The first-order valence-corrected chi connectivity index (χ1v) is 8.12. The number of rotatable bonds is 8. The lowest BCUT2D eigenvalue weighted by atomic mass is 10.1. The number of hydrogen-bond acceptors (Lipinski definition) is 4. The van der Waals surface area contributed by atoms with Crippen molar-refractivity contribution in [2.45, 2.75) is 12.8 Å². The highest BCUT2D eigenvalue weighted by Crippen LogP contribution is 2.06. The van der Waals surface area contributed by atoms with Gasteiger partial charge in [0.25, 0.3) is 11.8 Å². The molecule has 0 heterocycles. The number of hydrogen-bond donors (Lipinski definition) is 3. The Morgan fingerprint density at radius 3 is 2.33 bits per heavy atom. The minimum absolute atomic E-state index is 0.0951. The van der Waals surface area contributed by atoms with Crippen molar-refractivity contribution in [2.24, 2.45) is 5.10 Å². The summed E-state index contributed by atoms with van der Waals surface area (Å²) >= 11 is 0. The van der Waals surface area contributed by atoms with Gasteiger partial charge in [0, 0.05) is 12.0 Å². The predicted octanol–water partition coefficient (Wildman–Crippen LogP) is 1.94. The zero-order chi connectivity index (χ0) is 19.6. The Morgan fingerprint density at radius 2 is 1.67 bits per heavy atom. The van der Waals surface area contributed by atoms with Gasteiger partial charge in [-0.15, -0.1) is 0 Å². The van der Waals surface area contributed by atoms with Crippen molar-refractivity contribution in [3.63, 3.8) is 0 Å². The fourth-order valence-electron chi connectivity index (χ4n) is 2.18. The maximum absolute atomic E-state index is 13.1. The second-order valence-electron chi connectivity index (χ2n) is 5.55. The average molecular weight is 371 g/mol. The van der Waals surface area contributed by atoms with Gasteiger partial charge in [0.1, 0.15) is 5.82 Å². The van der Waals surface area contributed by atoms with Gasteiger partial charge in [-0.2, -0.15) is 5.10 Å². The van der Waals surface area contributed by atoms with Crippen molar-refractivity contribution in [2.75, 3.05) is 6.54 Å². The molecular weight excluding hydrogens is 353 g/mol. The highest BCUT2D eigenvalue weighted by Gasteiger charge is 2.10. The number of hydrazone groups is 1. The first-order chi connectivity index (χ1) is 13.0. The summed E-state index contributed by atoms with van der Waals surface area (Å²) in [7, 11) is 0. The van der Waals surface area contributed by atoms with Crippen LogP contribution in [-0.4, -0.2) is 35.1 Å². The zero-order valence-corrected chi connectivity index (χ0v) is 14.3. The second kappa shape index (κ2) is 9.81. The highest BCUT2D eigenvalue weighted by atomic mass is 19.1. The summed E-state index contributed by atoms with van der Waals surface area (Å²) in [6, 6.07) is 13.9. The number of halogens is 1. The maximum Gasteiger partial charge on any atom is 0.303 e. The van der Waals surface area contributed by atoms with E-state index in [2.05, 4.69) is 15.8 Å². The molecule has 27 heavy (non-hydrogen) atoms. The molecule has 0 spiro atoms. The van der Waals surface area contributed by atoms with E-state index in [1.807, 2.05) is 0 Å². The van der Waals surface area contributed by atoms with Crippen LogP contribution in [0.5, 0.6) is 0 Å². The molecule has 0 bridgehead atoms. The van der Waals surface area contributed by atoms with Gasteiger partial charge in [-0.1, -0.05) is 36.4 Å². The van der Waals surface area contributed by atoms with Crippen LogP contribution >= 0.6 is 0 Å². The normalized spacial score (nSPS) is 10.9. The lowest BCUT2D eigenvalue weighted by Crippen LogP contribution is -2.35. The molecule has 0 radical (unpaired) electrons. The minimum atomic E-state index is -0.979. The van der Waals surface area contributed by atoms with Crippen molar-refractivity contribution in [1.82, 2.24) is 10.7 Å². The van der Waals surface area contributed by atoms with E-state index in [1.165, 1.54) is 18.2 Å². The van der Waals surface area contributed by atoms with E-state index in [0.717, 1.165) is 6.07 Å². The summed E-state index contributed by atoms with van der Waals surface area (Å²) in [6.45, 7) is -0.361. The van der Waals surface area contributed by atoms with Gasteiger partial charge in [-0.25, -0.2) is 9.82 Å². The summed E-state index contributed by atoms with van der Waals surface area (Å²) in [5.74, 6) is -2.72. The number of carbonyl (C=O) groups excluding carboxylic acids is 2. The Kier molecular flexibility index (Phi) is 7.18. The van der Waals surface area contributed by atoms with Crippen LogP contribution in [0.4, 0.5) is 4.39 Å². The molecule has 0 atom stereocenters. The molecule has 2 aromatic rings. The van der Waals surface area contributed by atoms with Crippen LogP contribution in [0.25, 0.3) is 0 Å². The minimum Gasteiger partial charge on any atom is -0.481 e. The molecule has 0 aliphatic heterocycles. The SMILES string of the molecule is O=C(O)CC/C(=N/NC(=O)CNC(=O)c1cccc(F)c1)c1ccccc1. The second-order valence-corrected chi connectivity index (χ2v) is 5.55. The van der Waals surface area contributed by atoms with Crippen LogP contribution in [0.15, 0.2) is 59.7 Å². The van der Waals surface area contributed by atoms with Crippen LogP contribution in [0.1, 0.15) is 28.8 Å². The summed E-state index contributed by atoms with van der Waals surface area (Å²) in [5.41, 5.74) is 3.47. The van der Waals surface area contributed by atoms with Crippen molar-refractivity contribution in [1.29, 1.82) is 0 Å². The number of aliphatic carboxylic acids is 1. The zero-order valence-electron chi connectivity index (χ0n) is 14.3. The van der Waals surface area contributed by atoms with Gasteiger partial charge in [-0.3, -0.25) is 14.4 Å². The Balaban J connectivity index is 1.95. The van der Waals surface area contributed by atoms with Crippen LogP contribution in [0.3, 0.4) is 0 Å². The quantitative estimate of drug-likeness (QED) is 0.487. The fourth-order valence-corrected chi connectivity index (χ4v) is 2.18. The lowest BCUT2D eigenvalue weighted by molar-refractivity contribution is -0.136. The Bertz CT molecular complexity index is 853. The van der Waals surface area contributed by atoms with Gasteiger partial charge in [0.15, 0.2) is 0 Å². The summed E-state index contributed by atoms with van der Waals surface area (Å²) in [5, 5.41) is 15.2. The number of nitrogens with one attached hydrogen (secondary N) is 2. The van der Waals surface area contributed by atoms with Crippen molar-refractivity contribution in [3.05, 3.63) is 71.5 Å². The molecule has 3 N–H and O–H groups in total. The third kappa shape index (κ3) is 6.69. The molecule has 7 nitrogen and oxygen atoms in total. The van der Waals surface area contributed by atoms with Gasteiger partial charge < -0.3 is 10.4 Å². The van der Waals surface area contributed by atoms with Crippen LogP contribution in [0, 0.1) is 5.82 Å². The maximum atomic E-state index is 13.1. The molecule has 0 saturated carbocycles. The molecule has 0 aliphatic rings. The van der Waals surface area contributed by atoms with Gasteiger partial charge in [0.05, 0.1) is 18.7 Å². The molecule has 0 fully saturated rings. The van der Waals surface area contributed by atoms with Crippen LogP contribution < -0.4 is 10.7 Å². The van der Waals surface area contributed by atoms with E-state index in [9.17, 15) is 18.8 Å². The first-order valence-electron chi connectivity index (χ1n) is 8.12. The summed E-state index contributed by atoms with van der Waals surface area (Å²) in [4.78, 5) is 34.6. The Morgan fingerprint density at radius 1 is 0.963 bits per heavy atom. The monoisotopic (exact) mass is 371 g/mol. The molecule has 0 aliphatic carbocycles. The number of carboxylic acid groups (broad SMARTS) is 1. The molecule has 0 saturated heterocycles. The summed E-state index contributed by atoms with van der Waals surface area (Å²) in [6.07, 6.45) is -0.00478. The van der Waals surface area contributed by atoms with E-state index < -0.39 is 23.6 Å². The molecular formula is C19H18FN3O4. The van der Waals surface area contributed by atoms with Crippen LogP contribution in [-0.2, 0) is 9.59 Å². The Hall–Kier alpha value is -3.55. The number of nitrogens with zero attached hydrogens (tertiary/aromatic N) is 1. The molecule has 2 aromatic carbocycles. The van der Waals surface area contributed by atoms with Crippen molar-refractivity contribution < 1.29 is 23.9 Å². The van der Waals surface area contributed by atoms with Gasteiger partial charge in [-0.05, 0) is 23.8 Å². The van der Waals surface area contributed by atoms with E-state index >= 15 is 0 Å². The molecule has 140 valence electrons. The van der Waals surface area contributed by atoms with E-state index in [1.54, 1.807) is 30.3 Å². The van der Waals surface area contributed by atoms with E-state index in [-0.39, 0.29) is 24.9 Å². The van der Waals surface area contributed by atoms with Crippen molar-refractivity contribution in [3.8, 4) is 0 Å². The number of carbonyl (C=O) groups is 3. The molecule has 0 unspecified atom stereocenters. The third-order valence-electron chi connectivity index (χ3n) is 3.49. The molecule has 2 amide bonds. The molecule has 2 rings (SSSR count). The van der Waals surface area contributed by atoms with Gasteiger partial charge in [0.2, 0.25) is 0 Å². The number of benzene rings is 2. The molecule has 0 aromatic heterocycles. The average Bonchev–Trinajstić information content (AvgIpc) is 2.66. The largest absolute Gasteiger partial charge is 0.481 e. The van der Waals surface area contributed by atoms with Crippen molar-refractivity contribution >= 4 is 23.5 Å². The van der Waals surface area contributed by atoms with Gasteiger partial charge >= 0.3 is 5.97 Å². The molecule has 8 heteroatoms. The standard InChI is InChI=1S/C19H18FN3O4/c20-15-8-4-7-14(11-15)19(27)21-12-17(24)23-22-16(9-10-18(25)26)13-5-2-1-3-6-13/h1-8,11H,9-10,12H2,(H,21,27)(H,23,24)(H,25,26)/b22-16-. The predicted molar refractivity (Wildman–Crippen MR) is 96.7 cm³/mol. The lowest BCUT2D eigenvalue weighted by Gasteiger charge is -2.07. The number of carboxylic acids is 1. The van der Waals surface area contributed by atoms with Crippen LogP contribution in [0.2, 0.25) is 0 Å². The van der Waals surface area contributed by atoms with E-state index in [4.69, 9.17) is 5.11 Å². The van der Waals surface area contributed by atoms with E-state index in [0.29, 0.717) is 11.3 Å². The fraction of sp³-hybridized carbons (Fsp3) is 0.158. The first kappa shape index (κ1) is 19.8. The topological polar surface area (TPSA) is 108 Å². The third-order valence-corrected chi connectivity index (χ3v) is 3.49.